The molecule has 0 aromatic heterocycles. The van der Waals surface area contributed by atoms with Crippen LogP contribution in [-0.2, 0) is 4.79 Å². The van der Waals surface area contributed by atoms with E-state index in [4.69, 9.17) is 16.6 Å². The summed E-state index contributed by atoms with van der Waals surface area (Å²) in [6.07, 6.45) is -0.100. The Hall–Kier alpha value is -1.20. The Morgan fingerprint density at radius 1 is 1.57 bits per heavy atom. The van der Waals surface area contributed by atoms with Crippen LogP contribution in [-0.4, -0.2) is 11.1 Å². The Kier molecular flexibility index (Phi) is 3.38. The van der Waals surface area contributed by atoms with Crippen LogP contribution in [0.4, 0.5) is 5.69 Å². The van der Waals surface area contributed by atoms with Crippen LogP contribution < -0.4 is 11.5 Å². The fraction of sp³-hybridized carbons (Fsp3) is 0.222. The predicted octanol–water partition coefficient (Wildman–Crippen LogP) is 1.03. The fourth-order valence-electron chi connectivity index (χ4n) is 1.10. The summed E-state index contributed by atoms with van der Waals surface area (Å²) >= 11 is 4.12. The first-order chi connectivity index (χ1) is 6.50. The van der Waals surface area contributed by atoms with Gasteiger partial charge in [-0.3, -0.25) is 4.79 Å². The molecule has 4 nitrogen and oxygen atoms in total. The van der Waals surface area contributed by atoms with Gasteiger partial charge in [-0.25, -0.2) is 0 Å². The number of thiol groups is 1. The number of carbonyl (C=O) groups is 1. The fourth-order valence-corrected chi connectivity index (χ4v) is 1.32. The van der Waals surface area contributed by atoms with Crippen molar-refractivity contribution in [2.45, 2.75) is 17.4 Å². The average molecular weight is 212 g/mol. The van der Waals surface area contributed by atoms with Gasteiger partial charge in [0.1, 0.15) is 0 Å². The zero-order chi connectivity index (χ0) is 10.7. The molecule has 1 rings (SSSR count). The largest absolute Gasteiger partial charge is 0.481 e. The van der Waals surface area contributed by atoms with Gasteiger partial charge in [-0.2, -0.15) is 0 Å². The van der Waals surface area contributed by atoms with E-state index in [0.29, 0.717) is 10.6 Å². The molecule has 5 N–H and O–H groups in total. The molecule has 1 aromatic carbocycles. The molecule has 0 radical (unpaired) electrons. The van der Waals surface area contributed by atoms with E-state index < -0.39 is 12.0 Å². The summed E-state index contributed by atoms with van der Waals surface area (Å²) in [7, 11) is 0. The van der Waals surface area contributed by atoms with Crippen LogP contribution in [0.15, 0.2) is 23.1 Å². The molecule has 0 amide bonds. The van der Waals surface area contributed by atoms with Crippen LogP contribution in [0, 0.1) is 0 Å². The molecule has 0 saturated heterocycles. The maximum Gasteiger partial charge on any atom is 0.305 e. The number of carboxylic acid groups (broad SMARTS) is 1. The molecule has 0 bridgehead atoms. The third kappa shape index (κ3) is 2.65. The van der Waals surface area contributed by atoms with E-state index in [0.717, 1.165) is 5.56 Å². The third-order valence-electron chi connectivity index (χ3n) is 1.88. The monoisotopic (exact) mass is 212 g/mol. The van der Waals surface area contributed by atoms with Gasteiger partial charge >= 0.3 is 5.97 Å². The molecule has 14 heavy (non-hydrogen) atoms. The van der Waals surface area contributed by atoms with Gasteiger partial charge in [0.2, 0.25) is 0 Å². The Morgan fingerprint density at radius 2 is 2.21 bits per heavy atom. The Labute approximate surface area is 87.3 Å². The second-order valence-electron chi connectivity index (χ2n) is 3.02. The zero-order valence-electron chi connectivity index (χ0n) is 7.47. The summed E-state index contributed by atoms with van der Waals surface area (Å²) in [5.41, 5.74) is 12.5. The normalized spacial score (nSPS) is 12.4. The van der Waals surface area contributed by atoms with Gasteiger partial charge in [-0.1, -0.05) is 6.07 Å². The smallest absolute Gasteiger partial charge is 0.305 e. The SMILES string of the molecule is Nc1ccc(C(N)CC(=O)O)cc1S. The number of nitrogen functional groups attached to an aromatic ring is 1. The highest BCUT2D eigenvalue weighted by atomic mass is 32.1. The van der Waals surface area contributed by atoms with Gasteiger partial charge in [0, 0.05) is 16.6 Å². The lowest BCUT2D eigenvalue weighted by molar-refractivity contribution is -0.137. The highest BCUT2D eigenvalue weighted by Gasteiger charge is 2.11. The summed E-state index contributed by atoms with van der Waals surface area (Å²) in [5, 5.41) is 8.55. The molecule has 0 fully saturated rings. The molecule has 1 aromatic rings. The molecule has 0 heterocycles. The summed E-state index contributed by atoms with van der Waals surface area (Å²) in [5.74, 6) is -0.921. The van der Waals surface area contributed by atoms with E-state index in [1.807, 2.05) is 0 Å². The molecule has 0 aliphatic rings. The minimum atomic E-state index is -0.921. The number of anilines is 1. The van der Waals surface area contributed by atoms with Gasteiger partial charge in [0.15, 0.2) is 0 Å². The van der Waals surface area contributed by atoms with Crippen LogP contribution in [0.2, 0.25) is 0 Å². The van der Waals surface area contributed by atoms with Gasteiger partial charge in [-0.15, -0.1) is 12.6 Å². The number of hydrogen-bond acceptors (Lipinski definition) is 4. The Morgan fingerprint density at radius 3 is 2.71 bits per heavy atom. The number of aliphatic carboxylic acids is 1. The van der Waals surface area contributed by atoms with Crippen molar-refractivity contribution in [3.63, 3.8) is 0 Å². The first-order valence-corrected chi connectivity index (χ1v) is 4.51. The van der Waals surface area contributed by atoms with Crippen molar-refractivity contribution in [1.29, 1.82) is 0 Å². The quantitative estimate of drug-likeness (QED) is 0.445. The number of nitrogens with two attached hydrogens (primary N) is 2. The Balaban J connectivity index is 2.85. The molecule has 0 aliphatic carbocycles. The summed E-state index contributed by atoms with van der Waals surface area (Å²) in [4.78, 5) is 11.0. The molecular weight excluding hydrogens is 200 g/mol. The minimum Gasteiger partial charge on any atom is -0.481 e. The first-order valence-electron chi connectivity index (χ1n) is 4.06. The molecule has 1 unspecified atom stereocenters. The first kappa shape index (κ1) is 10.9. The molecular formula is C9H12N2O2S. The lowest BCUT2D eigenvalue weighted by atomic mass is 10.0. The molecule has 0 saturated carbocycles. The molecule has 5 heteroatoms. The number of benzene rings is 1. The molecule has 0 spiro atoms. The van der Waals surface area contributed by atoms with E-state index in [9.17, 15) is 4.79 Å². The van der Waals surface area contributed by atoms with Crippen LogP contribution >= 0.6 is 12.6 Å². The van der Waals surface area contributed by atoms with Crippen molar-refractivity contribution >= 4 is 24.3 Å². The van der Waals surface area contributed by atoms with Crippen molar-refractivity contribution in [1.82, 2.24) is 0 Å². The van der Waals surface area contributed by atoms with E-state index in [2.05, 4.69) is 12.6 Å². The molecule has 1 atom stereocenters. The maximum atomic E-state index is 10.4. The minimum absolute atomic E-state index is 0.100. The van der Waals surface area contributed by atoms with Crippen LogP contribution in [0.5, 0.6) is 0 Å². The predicted molar refractivity (Wildman–Crippen MR) is 57.3 cm³/mol. The standard InChI is InChI=1S/C9H12N2O2S/c10-6-2-1-5(3-8(6)14)7(11)4-9(12)13/h1-3,7,14H,4,10-11H2,(H,12,13). The van der Waals surface area contributed by atoms with Crippen molar-refractivity contribution in [3.8, 4) is 0 Å². The van der Waals surface area contributed by atoms with Gasteiger partial charge in [0.25, 0.3) is 0 Å². The Bertz CT molecular complexity index is 355. The lowest BCUT2D eigenvalue weighted by Gasteiger charge is -2.10. The van der Waals surface area contributed by atoms with E-state index >= 15 is 0 Å². The summed E-state index contributed by atoms with van der Waals surface area (Å²) < 4.78 is 0. The van der Waals surface area contributed by atoms with Crippen LogP contribution in [0.1, 0.15) is 18.0 Å². The van der Waals surface area contributed by atoms with Gasteiger partial charge in [-0.05, 0) is 17.7 Å². The van der Waals surface area contributed by atoms with Crippen LogP contribution in [0.3, 0.4) is 0 Å². The third-order valence-corrected chi connectivity index (χ3v) is 2.26. The van der Waals surface area contributed by atoms with Gasteiger partial charge < -0.3 is 16.6 Å². The maximum absolute atomic E-state index is 10.4. The van der Waals surface area contributed by atoms with Crippen molar-refractivity contribution in [2.75, 3.05) is 5.73 Å². The van der Waals surface area contributed by atoms with E-state index in [1.54, 1.807) is 18.2 Å². The van der Waals surface area contributed by atoms with Crippen molar-refractivity contribution < 1.29 is 9.90 Å². The molecule has 76 valence electrons. The molecule has 0 aliphatic heterocycles. The summed E-state index contributed by atoms with van der Waals surface area (Å²) in [6, 6.07) is 4.55. The topological polar surface area (TPSA) is 89.3 Å². The number of rotatable bonds is 3. The second-order valence-corrected chi connectivity index (χ2v) is 3.50. The van der Waals surface area contributed by atoms with Gasteiger partial charge in [0.05, 0.1) is 6.42 Å². The highest BCUT2D eigenvalue weighted by Crippen LogP contribution is 2.22. The zero-order valence-corrected chi connectivity index (χ0v) is 8.37. The summed E-state index contributed by atoms with van der Waals surface area (Å²) in [6.45, 7) is 0. The number of hydrogen-bond donors (Lipinski definition) is 4. The average Bonchev–Trinajstić information content (AvgIpc) is 2.08. The highest BCUT2D eigenvalue weighted by molar-refractivity contribution is 7.80. The lowest BCUT2D eigenvalue weighted by Crippen LogP contribution is -2.15. The van der Waals surface area contributed by atoms with Crippen molar-refractivity contribution in [3.05, 3.63) is 23.8 Å². The van der Waals surface area contributed by atoms with E-state index in [-0.39, 0.29) is 6.42 Å². The number of carboxylic acids is 1. The van der Waals surface area contributed by atoms with E-state index in [1.165, 1.54) is 0 Å². The van der Waals surface area contributed by atoms with Crippen LogP contribution in [0.25, 0.3) is 0 Å². The second kappa shape index (κ2) is 4.34. The van der Waals surface area contributed by atoms with Crippen molar-refractivity contribution in [2.24, 2.45) is 5.73 Å².